The van der Waals surface area contributed by atoms with Gasteiger partial charge in [-0.15, -0.1) is 0 Å². The highest BCUT2D eigenvalue weighted by molar-refractivity contribution is 7.22. The van der Waals surface area contributed by atoms with E-state index >= 15 is 0 Å². The van der Waals surface area contributed by atoms with Gasteiger partial charge in [0.05, 0.1) is 0 Å². The van der Waals surface area contributed by atoms with Crippen LogP contribution in [0.3, 0.4) is 0 Å². The fourth-order valence-electron chi connectivity index (χ4n) is 4.14. The average molecular weight is 469 g/mol. The van der Waals surface area contributed by atoms with E-state index in [0.717, 1.165) is 29.1 Å². The molecule has 3 heterocycles. The highest BCUT2D eigenvalue weighted by Gasteiger charge is 2.26. The number of thiazole rings is 1. The van der Waals surface area contributed by atoms with Crippen LogP contribution in [0.25, 0.3) is 10.3 Å². The summed E-state index contributed by atoms with van der Waals surface area (Å²) in [6.07, 6.45) is 2.87. The van der Waals surface area contributed by atoms with Crippen LogP contribution in [0.15, 0.2) is 29.3 Å². The summed E-state index contributed by atoms with van der Waals surface area (Å²) in [6.45, 7) is 7.77. The first kappa shape index (κ1) is 22.9. The number of carbonyl (C=O) groups excluding carboxylic acids is 2. The van der Waals surface area contributed by atoms with Crippen LogP contribution in [0.1, 0.15) is 30.9 Å². The van der Waals surface area contributed by atoms with E-state index in [-0.39, 0.29) is 29.8 Å². The Labute approximate surface area is 195 Å². The lowest BCUT2D eigenvalue weighted by atomic mass is 9.96. The molecule has 2 N–H and O–H groups in total. The van der Waals surface area contributed by atoms with Crippen molar-refractivity contribution in [1.82, 2.24) is 19.9 Å². The van der Waals surface area contributed by atoms with Gasteiger partial charge in [0.25, 0.3) is 5.56 Å². The van der Waals surface area contributed by atoms with Crippen molar-refractivity contribution in [3.63, 3.8) is 0 Å². The molecule has 33 heavy (non-hydrogen) atoms. The second kappa shape index (κ2) is 9.70. The van der Waals surface area contributed by atoms with Crippen LogP contribution in [0.2, 0.25) is 0 Å². The SMILES string of the molecule is CCNC(=O)C1CCN(c2nc3ncn(CC(=O)Nc4cc(C)cc(C)c4)c(=O)c3s2)CC1. The third kappa shape index (κ3) is 5.22. The molecule has 0 unspecified atom stereocenters. The van der Waals surface area contributed by atoms with Crippen molar-refractivity contribution in [1.29, 1.82) is 0 Å². The molecule has 1 fully saturated rings. The Balaban J connectivity index is 1.45. The molecule has 10 heteroatoms. The number of anilines is 2. The number of carbonyl (C=O) groups is 2. The van der Waals surface area contributed by atoms with Gasteiger partial charge >= 0.3 is 0 Å². The molecule has 1 aliphatic rings. The first-order chi connectivity index (χ1) is 15.8. The maximum atomic E-state index is 13.0. The van der Waals surface area contributed by atoms with Gasteiger partial charge in [0.2, 0.25) is 11.8 Å². The van der Waals surface area contributed by atoms with E-state index in [2.05, 4.69) is 25.5 Å². The van der Waals surface area contributed by atoms with Crippen LogP contribution >= 0.6 is 11.3 Å². The number of nitrogens with one attached hydrogen (secondary N) is 2. The minimum atomic E-state index is -0.291. The zero-order valence-electron chi connectivity index (χ0n) is 19.1. The zero-order chi connectivity index (χ0) is 23.5. The smallest absolute Gasteiger partial charge is 0.273 e. The lowest BCUT2D eigenvalue weighted by molar-refractivity contribution is -0.125. The van der Waals surface area contributed by atoms with Gasteiger partial charge in [-0.25, -0.2) is 4.98 Å². The molecule has 4 rings (SSSR count). The summed E-state index contributed by atoms with van der Waals surface area (Å²) in [4.78, 5) is 48.5. The lowest BCUT2D eigenvalue weighted by Crippen LogP contribution is -2.40. The Morgan fingerprint density at radius 3 is 2.52 bits per heavy atom. The fourth-order valence-corrected chi connectivity index (χ4v) is 5.16. The van der Waals surface area contributed by atoms with Crippen LogP contribution in [0, 0.1) is 19.8 Å². The number of fused-ring (bicyclic) bond motifs is 1. The average Bonchev–Trinajstić information content (AvgIpc) is 3.20. The van der Waals surface area contributed by atoms with Gasteiger partial charge in [0.15, 0.2) is 10.8 Å². The van der Waals surface area contributed by atoms with Gasteiger partial charge in [-0.05, 0) is 56.9 Å². The number of hydrogen-bond acceptors (Lipinski definition) is 7. The van der Waals surface area contributed by atoms with E-state index in [1.165, 1.54) is 22.2 Å². The number of piperidine rings is 1. The van der Waals surface area contributed by atoms with Crippen LogP contribution in [-0.4, -0.2) is 46.0 Å². The number of aryl methyl sites for hydroxylation is 2. The normalized spacial score (nSPS) is 14.5. The van der Waals surface area contributed by atoms with E-state index < -0.39 is 0 Å². The second-order valence-electron chi connectivity index (χ2n) is 8.41. The maximum Gasteiger partial charge on any atom is 0.273 e. The Morgan fingerprint density at radius 1 is 1.15 bits per heavy atom. The third-order valence-corrected chi connectivity index (χ3v) is 6.77. The molecule has 0 spiro atoms. The summed E-state index contributed by atoms with van der Waals surface area (Å²) in [5.74, 6) is -0.174. The molecule has 0 radical (unpaired) electrons. The van der Waals surface area contributed by atoms with Crippen molar-refractivity contribution in [2.75, 3.05) is 29.9 Å². The van der Waals surface area contributed by atoms with Crippen LogP contribution in [0.4, 0.5) is 10.8 Å². The maximum absolute atomic E-state index is 13.0. The van der Waals surface area contributed by atoms with Gasteiger partial charge in [-0.2, -0.15) is 4.98 Å². The van der Waals surface area contributed by atoms with E-state index in [0.29, 0.717) is 35.7 Å². The van der Waals surface area contributed by atoms with Crippen molar-refractivity contribution < 1.29 is 9.59 Å². The molecule has 0 bridgehead atoms. The van der Waals surface area contributed by atoms with Crippen LogP contribution in [-0.2, 0) is 16.1 Å². The zero-order valence-corrected chi connectivity index (χ0v) is 19.9. The molecule has 2 amide bonds. The van der Waals surface area contributed by atoms with E-state index in [1.807, 2.05) is 39.0 Å². The van der Waals surface area contributed by atoms with Crippen molar-refractivity contribution in [3.05, 3.63) is 46.0 Å². The Kier molecular flexibility index (Phi) is 6.73. The molecule has 1 saturated heterocycles. The predicted octanol–water partition coefficient (Wildman–Crippen LogP) is 2.46. The molecule has 9 nitrogen and oxygen atoms in total. The van der Waals surface area contributed by atoms with Crippen molar-refractivity contribution in [3.8, 4) is 0 Å². The summed E-state index contributed by atoms with van der Waals surface area (Å²) in [7, 11) is 0. The molecule has 1 aliphatic heterocycles. The highest BCUT2D eigenvalue weighted by Crippen LogP contribution is 2.29. The van der Waals surface area contributed by atoms with Gasteiger partial charge in [-0.1, -0.05) is 17.4 Å². The lowest BCUT2D eigenvalue weighted by Gasteiger charge is -2.30. The van der Waals surface area contributed by atoms with Crippen molar-refractivity contribution in [2.45, 2.75) is 40.2 Å². The van der Waals surface area contributed by atoms with E-state index in [9.17, 15) is 14.4 Å². The molecular weight excluding hydrogens is 440 g/mol. The monoisotopic (exact) mass is 468 g/mol. The predicted molar refractivity (Wildman–Crippen MR) is 130 cm³/mol. The van der Waals surface area contributed by atoms with E-state index in [1.54, 1.807) is 0 Å². The largest absolute Gasteiger partial charge is 0.356 e. The Bertz CT molecular complexity index is 1220. The number of nitrogens with zero attached hydrogens (tertiary/aromatic N) is 4. The van der Waals surface area contributed by atoms with E-state index in [4.69, 9.17) is 0 Å². The molecule has 3 aromatic rings. The summed E-state index contributed by atoms with van der Waals surface area (Å²) in [5.41, 5.74) is 2.92. The number of rotatable bonds is 6. The minimum Gasteiger partial charge on any atom is -0.356 e. The van der Waals surface area contributed by atoms with Gasteiger partial charge in [-0.3, -0.25) is 19.0 Å². The van der Waals surface area contributed by atoms with Gasteiger partial charge in [0, 0.05) is 31.2 Å². The molecule has 0 atom stereocenters. The Hall–Kier alpha value is -3.27. The van der Waals surface area contributed by atoms with Gasteiger partial charge in [0.1, 0.15) is 17.6 Å². The minimum absolute atomic E-state index is 0.0154. The highest BCUT2D eigenvalue weighted by atomic mass is 32.1. The molecule has 0 aliphatic carbocycles. The Morgan fingerprint density at radius 2 is 1.85 bits per heavy atom. The second-order valence-corrected chi connectivity index (χ2v) is 9.38. The first-order valence-corrected chi connectivity index (χ1v) is 11.9. The summed E-state index contributed by atoms with van der Waals surface area (Å²) >= 11 is 1.29. The molecule has 0 saturated carbocycles. The standard InChI is InChI=1S/C23H28N6O3S/c1-4-24-21(31)16-5-7-28(8-6-16)23-27-20-19(33-23)22(32)29(13-25-20)12-18(30)26-17-10-14(2)9-15(3)11-17/h9-11,13,16H,4-8,12H2,1-3H3,(H,24,31)(H,26,30). The fraction of sp³-hybridized carbons (Fsp3) is 0.435. The first-order valence-electron chi connectivity index (χ1n) is 11.1. The quantitative estimate of drug-likeness (QED) is 0.575. The molecular formula is C23H28N6O3S. The topological polar surface area (TPSA) is 109 Å². The number of benzene rings is 1. The summed E-state index contributed by atoms with van der Waals surface area (Å²) < 4.78 is 1.74. The van der Waals surface area contributed by atoms with Crippen LogP contribution < -0.4 is 21.1 Å². The number of hydrogen-bond donors (Lipinski definition) is 2. The number of amides is 2. The summed E-state index contributed by atoms with van der Waals surface area (Å²) in [5, 5.41) is 6.45. The van der Waals surface area contributed by atoms with Crippen molar-refractivity contribution >= 4 is 44.3 Å². The molecule has 2 aromatic heterocycles. The summed E-state index contributed by atoms with van der Waals surface area (Å²) in [6, 6.07) is 5.81. The molecule has 174 valence electrons. The number of aromatic nitrogens is 3. The van der Waals surface area contributed by atoms with Crippen molar-refractivity contribution in [2.24, 2.45) is 5.92 Å². The third-order valence-electron chi connectivity index (χ3n) is 5.68. The van der Waals surface area contributed by atoms with Gasteiger partial charge < -0.3 is 15.5 Å². The van der Waals surface area contributed by atoms with Crippen LogP contribution in [0.5, 0.6) is 0 Å². The molecule has 1 aromatic carbocycles.